The van der Waals surface area contributed by atoms with Gasteiger partial charge in [0.1, 0.15) is 0 Å². The number of unbranched alkanes of at least 4 members (excludes halogenated alkanes) is 3. The number of aromatic nitrogens is 2. The van der Waals surface area contributed by atoms with Gasteiger partial charge >= 0.3 is 0 Å². The molecule has 98 valence electrons. The lowest BCUT2D eigenvalue weighted by atomic mass is 10.2. The van der Waals surface area contributed by atoms with Crippen molar-refractivity contribution < 1.29 is 13.5 Å². The molecule has 0 aliphatic rings. The normalized spacial score (nSPS) is 11.9. The third kappa shape index (κ3) is 4.10. The van der Waals surface area contributed by atoms with Crippen molar-refractivity contribution in [3.63, 3.8) is 0 Å². The van der Waals surface area contributed by atoms with Gasteiger partial charge in [-0.05, 0) is 6.42 Å². The molecule has 1 aromatic heterocycles. The SMILES string of the molecule is CCCCCCNS(=O)(=O)c1[nH]ncc1CO. The van der Waals surface area contributed by atoms with E-state index in [4.69, 9.17) is 5.11 Å². The fraction of sp³-hybridized carbons (Fsp3) is 0.700. The van der Waals surface area contributed by atoms with Gasteiger partial charge in [-0.3, -0.25) is 5.10 Å². The summed E-state index contributed by atoms with van der Waals surface area (Å²) in [6.07, 6.45) is 5.35. The lowest BCUT2D eigenvalue weighted by Gasteiger charge is -2.05. The number of sulfonamides is 1. The average Bonchev–Trinajstić information content (AvgIpc) is 2.77. The highest BCUT2D eigenvalue weighted by Crippen LogP contribution is 2.11. The van der Waals surface area contributed by atoms with Crippen LogP contribution in [0.4, 0.5) is 0 Å². The predicted molar refractivity (Wildman–Crippen MR) is 63.8 cm³/mol. The zero-order chi connectivity index (χ0) is 12.7. The van der Waals surface area contributed by atoms with Gasteiger partial charge in [0.25, 0.3) is 10.0 Å². The van der Waals surface area contributed by atoms with Gasteiger partial charge in [-0.15, -0.1) is 0 Å². The van der Waals surface area contributed by atoms with Gasteiger partial charge in [0.2, 0.25) is 0 Å². The van der Waals surface area contributed by atoms with Crippen LogP contribution in [0.1, 0.15) is 38.2 Å². The van der Waals surface area contributed by atoms with E-state index in [1.54, 1.807) is 0 Å². The molecule has 3 N–H and O–H groups in total. The molecule has 17 heavy (non-hydrogen) atoms. The van der Waals surface area contributed by atoms with E-state index in [2.05, 4.69) is 21.8 Å². The van der Waals surface area contributed by atoms with Gasteiger partial charge in [0.05, 0.1) is 12.8 Å². The van der Waals surface area contributed by atoms with Crippen molar-refractivity contribution in [1.82, 2.24) is 14.9 Å². The number of hydrogen-bond donors (Lipinski definition) is 3. The zero-order valence-corrected chi connectivity index (χ0v) is 10.8. The minimum atomic E-state index is -3.57. The van der Waals surface area contributed by atoms with Gasteiger partial charge in [0.15, 0.2) is 5.03 Å². The highest BCUT2D eigenvalue weighted by molar-refractivity contribution is 7.89. The lowest BCUT2D eigenvalue weighted by Crippen LogP contribution is -2.26. The van der Waals surface area contributed by atoms with Gasteiger partial charge < -0.3 is 5.11 Å². The van der Waals surface area contributed by atoms with Gasteiger partial charge in [-0.2, -0.15) is 5.10 Å². The van der Waals surface area contributed by atoms with E-state index in [0.717, 1.165) is 25.7 Å². The number of rotatable bonds is 8. The first kappa shape index (κ1) is 14.1. The first-order chi connectivity index (χ1) is 8.11. The molecule has 0 aliphatic carbocycles. The van der Waals surface area contributed by atoms with Crippen LogP contribution in [0, 0.1) is 0 Å². The molecule has 0 radical (unpaired) electrons. The number of nitrogens with zero attached hydrogens (tertiary/aromatic N) is 1. The Morgan fingerprint density at radius 1 is 1.41 bits per heavy atom. The van der Waals surface area contributed by atoms with E-state index in [1.807, 2.05) is 0 Å². The third-order valence-electron chi connectivity index (χ3n) is 2.44. The van der Waals surface area contributed by atoms with Crippen molar-refractivity contribution in [2.24, 2.45) is 0 Å². The first-order valence-corrected chi connectivity index (χ1v) is 7.23. The van der Waals surface area contributed by atoms with Gasteiger partial charge in [-0.1, -0.05) is 26.2 Å². The summed E-state index contributed by atoms with van der Waals surface area (Å²) in [5.41, 5.74) is 0.283. The fourth-order valence-corrected chi connectivity index (χ4v) is 2.67. The summed E-state index contributed by atoms with van der Waals surface area (Å²) in [6, 6.07) is 0. The molecular weight excluding hydrogens is 242 g/mol. The summed E-state index contributed by atoms with van der Waals surface area (Å²) in [7, 11) is -3.57. The molecule has 0 saturated carbocycles. The second-order valence-corrected chi connectivity index (χ2v) is 5.54. The molecule has 0 saturated heterocycles. The molecule has 6 nitrogen and oxygen atoms in total. The van der Waals surface area contributed by atoms with Crippen LogP contribution in [-0.4, -0.2) is 30.3 Å². The second-order valence-electron chi connectivity index (χ2n) is 3.84. The molecule has 1 heterocycles. The van der Waals surface area contributed by atoms with Crippen LogP contribution in [0.5, 0.6) is 0 Å². The highest BCUT2D eigenvalue weighted by atomic mass is 32.2. The Balaban J connectivity index is 2.51. The number of hydrogen-bond acceptors (Lipinski definition) is 4. The van der Waals surface area contributed by atoms with E-state index in [-0.39, 0.29) is 17.2 Å². The van der Waals surface area contributed by atoms with Crippen LogP contribution >= 0.6 is 0 Å². The quantitative estimate of drug-likeness (QED) is 0.602. The monoisotopic (exact) mass is 261 g/mol. The van der Waals surface area contributed by atoms with Crippen molar-refractivity contribution in [2.45, 2.75) is 44.2 Å². The smallest absolute Gasteiger partial charge is 0.257 e. The Morgan fingerprint density at radius 3 is 2.82 bits per heavy atom. The standard InChI is InChI=1S/C10H19N3O3S/c1-2-3-4-5-6-12-17(15,16)10-9(8-14)7-11-13-10/h7,12,14H,2-6,8H2,1H3,(H,11,13). The maximum atomic E-state index is 11.8. The highest BCUT2D eigenvalue weighted by Gasteiger charge is 2.19. The minimum Gasteiger partial charge on any atom is -0.392 e. The number of aromatic amines is 1. The van der Waals surface area contributed by atoms with E-state index in [1.165, 1.54) is 6.20 Å². The largest absolute Gasteiger partial charge is 0.392 e. The van der Waals surface area contributed by atoms with E-state index < -0.39 is 10.0 Å². The van der Waals surface area contributed by atoms with Crippen molar-refractivity contribution in [3.05, 3.63) is 11.8 Å². The molecule has 1 aromatic rings. The summed E-state index contributed by atoms with van der Waals surface area (Å²) in [6.45, 7) is 2.16. The van der Waals surface area contributed by atoms with Gasteiger partial charge in [-0.25, -0.2) is 13.1 Å². The van der Waals surface area contributed by atoms with Crippen LogP contribution < -0.4 is 4.72 Å². The summed E-state index contributed by atoms with van der Waals surface area (Å²) in [5.74, 6) is 0. The number of aliphatic hydroxyl groups excluding tert-OH is 1. The molecule has 1 rings (SSSR count). The van der Waals surface area contributed by atoms with Crippen LogP contribution in [-0.2, 0) is 16.6 Å². The molecule has 0 amide bonds. The second kappa shape index (κ2) is 6.73. The van der Waals surface area contributed by atoms with Crippen LogP contribution in [0.2, 0.25) is 0 Å². The molecular formula is C10H19N3O3S. The zero-order valence-electron chi connectivity index (χ0n) is 9.94. The predicted octanol–water partition coefficient (Wildman–Crippen LogP) is 0.761. The summed E-state index contributed by atoms with van der Waals surface area (Å²) in [5, 5.41) is 14.9. The van der Waals surface area contributed by atoms with Gasteiger partial charge in [0, 0.05) is 12.1 Å². The Hall–Kier alpha value is -0.920. The Kier molecular flexibility index (Phi) is 5.60. The molecule has 0 unspecified atom stereocenters. The Morgan fingerprint density at radius 2 is 2.18 bits per heavy atom. The number of aliphatic hydroxyl groups is 1. The maximum Gasteiger partial charge on any atom is 0.257 e. The molecule has 0 spiro atoms. The fourth-order valence-electron chi connectivity index (χ4n) is 1.48. The van der Waals surface area contributed by atoms with Crippen LogP contribution in [0.15, 0.2) is 11.2 Å². The van der Waals surface area contributed by atoms with Crippen LogP contribution in [0.3, 0.4) is 0 Å². The first-order valence-electron chi connectivity index (χ1n) is 5.74. The topological polar surface area (TPSA) is 95.1 Å². The molecule has 0 aliphatic heterocycles. The van der Waals surface area contributed by atoms with E-state index in [0.29, 0.717) is 6.54 Å². The summed E-state index contributed by atoms with van der Waals surface area (Å²) < 4.78 is 26.1. The van der Waals surface area contributed by atoms with Crippen molar-refractivity contribution in [2.75, 3.05) is 6.54 Å². The molecule has 0 aromatic carbocycles. The maximum absolute atomic E-state index is 11.8. The molecule has 0 fully saturated rings. The molecule has 0 atom stereocenters. The van der Waals surface area contributed by atoms with E-state index >= 15 is 0 Å². The average molecular weight is 261 g/mol. The number of H-pyrrole nitrogens is 1. The Labute approximate surface area is 101 Å². The molecule has 0 bridgehead atoms. The van der Waals surface area contributed by atoms with Crippen molar-refractivity contribution >= 4 is 10.0 Å². The lowest BCUT2D eigenvalue weighted by molar-refractivity contribution is 0.278. The number of nitrogens with one attached hydrogen (secondary N) is 2. The Bertz CT molecular complexity index is 428. The summed E-state index contributed by atoms with van der Waals surface area (Å²) in [4.78, 5) is 0. The third-order valence-corrected chi connectivity index (χ3v) is 3.91. The van der Waals surface area contributed by atoms with Crippen LogP contribution in [0.25, 0.3) is 0 Å². The van der Waals surface area contributed by atoms with Crippen molar-refractivity contribution in [1.29, 1.82) is 0 Å². The van der Waals surface area contributed by atoms with E-state index in [9.17, 15) is 8.42 Å². The summed E-state index contributed by atoms with van der Waals surface area (Å²) >= 11 is 0. The minimum absolute atomic E-state index is 0.0458. The molecule has 7 heteroatoms. The van der Waals surface area contributed by atoms with Crippen molar-refractivity contribution in [3.8, 4) is 0 Å².